The van der Waals surface area contributed by atoms with Crippen LogP contribution in [0.25, 0.3) is 28.7 Å². The molecule has 2 heterocycles. The third-order valence-corrected chi connectivity index (χ3v) is 6.04. The molecule has 12 heteroatoms. The van der Waals surface area contributed by atoms with E-state index in [0.29, 0.717) is 16.3 Å². The lowest BCUT2D eigenvalue weighted by Gasteiger charge is -2.06. The van der Waals surface area contributed by atoms with Crippen LogP contribution in [0.4, 0.5) is 0 Å². The van der Waals surface area contributed by atoms with Gasteiger partial charge in [0.2, 0.25) is 5.89 Å². The summed E-state index contributed by atoms with van der Waals surface area (Å²) in [5.74, 6) is -1.46. The molecule has 0 aliphatic carbocycles. The first-order valence-corrected chi connectivity index (χ1v) is 11.2. The van der Waals surface area contributed by atoms with Gasteiger partial charge >= 0.3 is 5.97 Å². The van der Waals surface area contributed by atoms with E-state index >= 15 is 0 Å². The lowest BCUT2D eigenvalue weighted by molar-refractivity contribution is 0.0690. The highest BCUT2D eigenvalue weighted by atomic mass is 35.5. The van der Waals surface area contributed by atoms with Crippen LogP contribution in [0.3, 0.4) is 0 Å². The zero-order valence-electron chi connectivity index (χ0n) is 15.7. The molecule has 4 aromatic rings. The molecule has 2 aromatic carbocycles. The van der Waals surface area contributed by atoms with Gasteiger partial charge in [-0.3, -0.25) is 0 Å². The first-order valence-electron chi connectivity index (χ1n) is 8.58. The maximum atomic E-state index is 11.8. The number of halogens is 2. The second kappa shape index (κ2) is 7.80. The fraction of sp³-hybridized carbons (Fsp3) is 0.0526. The maximum Gasteiger partial charge on any atom is 0.358 e. The molecule has 0 saturated heterocycles. The number of rotatable bonds is 5. The largest absolute Gasteiger partial charge is 0.476 e. The number of hydrogen-bond acceptors (Lipinski definition) is 7. The molecular formula is C19H12Cl2N4O5S. The maximum absolute atomic E-state index is 11.8. The van der Waals surface area contributed by atoms with E-state index in [-0.39, 0.29) is 27.4 Å². The minimum atomic E-state index is -3.44. The molecule has 9 nitrogen and oxygen atoms in total. The topological polar surface area (TPSA) is 128 Å². The van der Waals surface area contributed by atoms with Crippen molar-refractivity contribution < 1.29 is 22.7 Å². The number of hydrogen-bond donors (Lipinski definition) is 1. The van der Waals surface area contributed by atoms with Crippen molar-refractivity contribution >= 4 is 39.0 Å². The average molecular weight is 479 g/mol. The van der Waals surface area contributed by atoms with Gasteiger partial charge in [-0.25, -0.2) is 17.9 Å². The molecule has 2 aromatic heterocycles. The molecule has 1 N–H and O–H groups in total. The minimum Gasteiger partial charge on any atom is -0.476 e. The number of para-hydroxylation sites is 1. The predicted octanol–water partition coefficient (Wildman–Crippen LogP) is 4.00. The highest BCUT2D eigenvalue weighted by molar-refractivity contribution is 7.90. The lowest BCUT2D eigenvalue weighted by atomic mass is 10.2. The molecule has 0 amide bonds. The average Bonchev–Trinajstić information content (AvgIpc) is 3.32. The van der Waals surface area contributed by atoms with E-state index in [9.17, 15) is 18.3 Å². The quantitative estimate of drug-likeness (QED) is 0.455. The third kappa shape index (κ3) is 3.92. The van der Waals surface area contributed by atoms with Gasteiger partial charge in [0.1, 0.15) is 5.02 Å². The van der Waals surface area contributed by atoms with E-state index in [1.54, 1.807) is 36.4 Å². The molecule has 0 bridgehead atoms. The number of carboxylic acid groups (broad SMARTS) is 1. The standard InChI is InChI=1S/C19H12Cl2N4O5S/c1-31(28,29)11-6-4-5-10(9-11)17-22-23-18(30-17)16-14(21)15(19(26)27)24-25(16)13-8-3-2-7-12(13)20/h2-9H,1H3,(H,26,27). The number of benzene rings is 2. The van der Waals surface area contributed by atoms with Crippen LogP contribution in [-0.4, -0.2) is 45.7 Å². The first-order chi connectivity index (χ1) is 14.7. The highest BCUT2D eigenvalue weighted by Crippen LogP contribution is 2.35. The van der Waals surface area contributed by atoms with E-state index in [0.717, 1.165) is 6.26 Å². The molecule has 0 saturated carbocycles. The van der Waals surface area contributed by atoms with Crippen LogP contribution in [0.5, 0.6) is 0 Å². The van der Waals surface area contributed by atoms with Crippen LogP contribution in [-0.2, 0) is 9.84 Å². The van der Waals surface area contributed by atoms with E-state index < -0.39 is 21.5 Å². The van der Waals surface area contributed by atoms with Gasteiger partial charge in [-0.15, -0.1) is 10.2 Å². The third-order valence-electron chi connectivity index (χ3n) is 4.25. The van der Waals surface area contributed by atoms with Crippen LogP contribution >= 0.6 is 23.2 Å². The van der Waals surface area contributed by atoms with Crippen molar-refractivity contribution in [2.24, 2.45) is 0 Å². The normalized spacial score (nSPS) is 11.6. The van der Waals surface area contributed by atoms with Crippen molar-refractivity contribution in [3.8, 4) is 28.7 Å². The number of aromatic nitrogens is 4. The van der Waals surface area contributed by atoms with Gasteiger partial charge < -0.3 is 9.52 Å². The Kier molecular flexibility index (Phi) is 5.29. The smallest absolute Gasteiger partial charge is 0.358 e. The minimum absolute atomic E-state index is 0.0142. The molecule has 0 radical (unpaired) electrons. The molecule has 0 aliphatic heterocycles. The zero-order chi connectivity index (χ0) is 22.3. The number of aromatic carboxylic acids is 1. The van der Waals surface area contributed by atoms with E-state index in [4.69, 9.17) is 27.6 Å². The second-order valence-corrected chi connectivity index (χ2v) is 9.19. The first kappa shape index (κ1) is 21.0. The van der Waals surface area contributed by atoms with Gasteiger partial charge in [0, 0.05) is 11.8 Å². The predicted molar refractivity (Wildman–Crippen MR) is 112 cm³/mol. The molecule has 31 heavy (non-hydrogen) atoms. The molecule has 0 unspecified atom stereocenters. The van der Waals surface area contributed by atoms with Crippen molar-refractivity contribution in [1.29, 1.82) is 0 Å². The van der Waals surface area contributed by atoms with Crippen molar-refractivity contribution in [1.82, 2.24) is 20.0 Å². The Morgan fingerprint density at radius 1 is 1.06 bits per heavy atom. The fourth-order valence-corrected chi connectivity index (χ4v) is 3.98. The van der Waals surface area contributed by atoms with Gasteiger partial charge in [0.25, 0.3) is 5.89 Å². The summed E-state index contributed by atoms with van der Waals surface area (Å²) < 4.78 is 30.6. The Bertz CT molecular complexity index is 1430. The molecule has 0 atom stereocenters. The Hall–Kier alpha value is -3.21. The number of carbonyl (C=O) groups is 1. The SMILES string of the molecule is CS(=O)(=O)c1cccc(-c2nnc(-c3c(Cl)c(C(=O)O)nn3-c3ccccc3Cl)o2)c1. The summed E-state index contributed by atoms with van der Waals surface area (Å²) in [7, 11) is -3.44. The second-order valence-electron chi connectivity index (χ2n) is 6.39. The summed E-state index contributed by atoms with van der Waals surface area (Å²) in [4.78, 5) is 11.7. The molecule has 158 valence electrons. The van der Waals surface area contributed by atoms with Crippen LogP contribution in [0.15, 0.2) is 57.8 Å². The highest BCUT2D eigenvalue weighted by Gasteiger charge is 2.28. The Labute approximate surface area is 185 Å². The van der Waals surface area contributed by atoms with E-state index in [1.807, 2.05) is 0 Å². The van der Waals surface area contributed by atoms with Crippen molar-refractivity contribution in [2.45, 2.75) is 4.90 Å². The summed E-state index contributed by atoms with van der Waals surface area (Å²) in [5, 5.41) is 21.5. The molecule has 0 aliphatic rings. The molecule has 4 rings (SSSR count). The summed E-state index contributed by atoms with van der Waals surface area (Å²) in [6.07, 6.45) is 1.08. The Morgan fingerprint density at radius 2 is 1.77 bits per heavy atom. The number of nitrogens with zero attached hydrogens (tertiary/aromatic N) is 4. The summed E-state index contributed by atoms with van der Waals surface area (Å²) in [5.41, 5.74) is 0.327. The van der Waals surface area contributed by atoms with Crippen molar-refractivity contribution in [3.63, 3.8) is 0 Å². The molecule has 0 fully saturated rings. The van der Waals surface area contributed by atoms with Crippen LogP contribution < -0.4 is 0 Å². The molecular weight excluding hydrogens is 467 g/mol. The van der Waals surface area contributed by atoms with E-state index in [1.165, 1.54) is 16.8 Å². The number of sulfone groups is 1. The van der Waals surface area contributed by atoms with Crippen molar-refractivity contribution in [3.05, 3.63) is 64.3 Å². The van der Waals surface area contributed by atoms with Crippen LogP contribution in [0, 0.1) is 0 Å². The Balaban J connectivity index is 1.88. The van der Waals surface area contributed by atoms with Crippen molar-refractivity contribution in [2.75, 3.05) is 6.26 Å². The monoisotopic (exact) mass is 478 g/mol. The van der Waals surface area contributed by atoms with Crippen LogP contribution in [0.1, 0.15) is 10.5 Å². The molecule has 0 spiro atoms. The number of carboxylic acids is 1. The lowest BCUT2D eigenvalue weighted by Crippen LogP contribution is -2.03. The van der Waals surface area contributed by atoms with Gasteiger partial charge in [-0.2, -0.15) is 5.10 Å². The van der Waals surface area contributed by atoms with Gasteiger partial charge in [-0.1, -0.05) is 41.4 Å². The van der Waals surface area contributed by atoms with Crippen LogP contribution in [0.2, 0.25) is 10.0 Å². The van der Waals surface area contributed by atoms with Gasteiger partial charge in [0.05, 0.1) is 15.6 Å². The van der Waals surface area contributed by atoms with E-state index in [2.05, 4.69) is 15.3 Å². The fourth-order valence-electron chi connectivity index (χ4n) is 2.81. The van der Waals surface area contributed by atoms with Gasteiger partial charge in [0.15, 0.2) is 21.2 Å². The summed E-state index contributed by atoms with van der Waals surface area (Å²) in [6, 6.07) is 12.6. The Morgan fingerprint density at radius 3 is 2.45 bits per heavy atom. The zero-order valence-corrected chi connectivity index (χ0v) is 18.0. The summed E-state index contributed by atoms with van der Waals surface area (Å²) >= 11 is 12.5. The summed E-state index contributed by atoms with van der Waals surface area (Å²) in [6.45, 7) is 0. The van der Waals surface area contributed by atoms with Gasteiger partial charge in [-0.05, 0) is 30.3 Å².